The van der Waals surface area contributed by atoms with E-state index in [1.54, 1.807) is 34.9 Å². The van der Waals surface area contributed by atoms with E-state index in [2.05, 4.69) is 15.0 Å². The summed E-state index contributed by atoms with van der Waals surface area (Å²) in [5, 5.41) is 0. The van der Waals surface area contributed by atoms with E-state index in [0.717, 1.165) is 5.56 Å². The Labute approximate surface area is 191 Å². The van der Waals surface area contributed by atoms with Gasteiger partial charge in [0, 0.05) is 29.9 Å². The second kappa shape index (κ2) is 7.76. The molecular weight excluding hydrogens is 452 g/mol. The standard InChI is InChI=1S/C24H18F4N4O2/c25-16-8-18(15-3-1-2-4-20(15)34-23(26)27)32-19-7-13(5-6-17(19)31-21(16)32)14-9-29-22(30-10-14)24(28)11-33-12-24/h1-7,9-10,16,18,23H,8,11-12H2/t16?,18-/m1/s1. The lowest BCUT2D eigenvalue weighted by atomic mass is 10.0. The lowest BCUT2D eigenvalue weighted by Crippen LogP contribution is -2.43. The van der Waals surface area contributed by atoms with Crippen LogP contribution >= 0.6 is 0 Å². The van der Waals surface area contributed by atoms with Crippen molar-refractivity contribution in [3.63, 3.8) is 0 Å². The van der Waals surface area contributed by atoms with Gasteiger partial charge in [-0.05, 0) is 23.8 Å². The molecule has 1 fully saturated rings. The largest absolute Gasteiger partial charge is 0.434 e. The van der Waals surface area contributed by atoms with Gasteiger partial charge in [0.2, 0.25) is 5.67 Å². The molecule has 0 N–H and O–H groups in total. The van der Waals surface area contributed by atoms with Crippen molar-refractivity contribution < 1.29 is 27.0 Å². The fraction of sp³-hybridized carbons (Fsp3) is 0.292. The number of fused-ring (bicyclic) bond motifs is 3. The smallest absolute Gasteiger partial charge is 0.387 e. The lowest BCUT2D eigenvalue weighted by molar-refractivity contribution is -0.140. The predicted molar refractivity (Wildman–Crippen MR) is 114 cm³/mol. The van der Waals surface area contributed by atoms with Crippen LogP contribution in [0.2, 0.25) is 0 Å². The zero-order valence-corrected chi connectivity index (χ0v) is 17.7. The quantitative estimate of drug-likeness (QED) is 0.371. The van der Waals surface area contributed by atoms with Gasteiger partial charge in [0.1, 0.15) is 11.6 Å². The van der Waals surface area contributed by atoms with E-state index in [9.17, 15) is 17.6 Å². The molecule has 2 atom stereocenters. The second-order valence-electron chi connectivity index (χ2n) is 8.43. The number of hydrogen-bond donors (Lipinski definition) is 0. The molecule has 6 rings (SSSR count). The molecular formula is C24H18F4N4O2. The Bertz CT molecular complexity index is 1370. The Kier molecular flexibility index (Phi) is 4.80. The second-order valence-corrected chi connectivity index (χ2v) is 8.43. The predicted octanol–water partition coefficient (Wildman–Crippen LogP) is 5.29. The Morgan fingerprint density at radius 1 is 1.06 bits per heavy atom. The molecule has 2 aromatic heterocycles. The molecule has 0 spiro atoms. The van der Waals surface area contributed by atoms with Crippen molar-refractivity contribution >= 4 is 11.0 Å². The fourth-order valence-electron chi connectivity index (χ4n) is 4.59. The maximum absolute atomic E-state index is 15.0. The highest BCUT2D eigenvalue weighted by molar-refractivity contribution is 5.83. The van der Waals surface area contributed by atoms with Crippen molar-refractivity contribution in [2.45, 2.75) is 30.9 Å². The molecule has 10 heteroatoms. The summed E-state index contributed by atoms with van der Waals surface area (Å²) in [5.74, 6) is 0.314. The van der Waals surface area contributed by atoms with E-state index in [0.29, 0.717) is 22.2 Å². The molecule has 0 bridgehead atoms. The Hall–Kier alpha value is -3.53. The molecule has 6 nitrogen and oxygen atoms in total. The van der Waals surface area contributed by atoms with Gasteiger partial charge >= 0.3 is 6.61 Å². The topological polar surface area (TPSA) is 62.1 Å². The van der Waals surface area contributed by atoms with E-state index in [1.807, 2.05) is 6.07 Å². The monoisotopic (exact) mass is 470 g/mol. The van der Waals surface area contributed by atoms with E-state index in [1.165, 1.54) is 18.5 Å². The van der Waals surface area contributed by atoms with Crippen LogP contribution in [0.15, 0.2) is 54.9 Å². The number of nitrogens with zero attached hydrogens (tertiary/aromatic N) is 4. The number of para-hydroxylation sites is 1. The molecule has 1 unspecified atom stereocenters. The maximum Gasteiger partial charge on any atom is 0.387 e. The minimum absolute atomic E-state index is 0.00432. The van der Waals surface area contributed by atoms with E-state index >= 15 is 0 Å². The van der Waals surface area contributed by atoms with Gasteiger partial charge in [-0.2, -0.15) is 8.78 Å². The summed E-state index contributed by atoms with van der Waals surface area (Å²) in [7, 11) is 0. The highest BCUT2D eigenvalue weighted by atomic mass is 19.3. The van der Waals surface area contributed by atoms with Crippen LogP contribution in [-0.4, -0.2) is 39.3 Å². The highest BCUT2D eigenvalue weighted by Crippen LogP contribution is 2.46. The van der Waals surface area contributed by atoms with Gasteiger partial charge in [-0.15, -0.1) is 0 Å². The van der Waals surface area contributed by atoms with E-state index in [-0.39, 0.29) is 37.0 Å². The van der Waals surface area contributed by atoms with Crippen molar-refractivity contribution in [3.8, 4) is 16.9 Å². The van der Waals surface area contributed by atoms with Crippen LogP contribution < -0.4 is 4.74 Å². The first-order valence-corrected chi connectivity index (χ1v) is 10.7. The summed E-state index contributed by atoms with van der Waals surface area (Å²) < 4.78 is 66.7. The average molecular weight is 470 g/mol. The molecule has 2 aliphatic heterocycles. The number of alkyl halides is 4. The van der Waals surface area contributed by atoms with Crippen LogP contribution in [0.25, 0.3) is 22.2 Å². The van der Waals surface area contributed by atoms with Crippen LogP contribution in [0.5, 0.6) is 5.75 Å². The lowest BCUT2D eigenvalue weighted by Gasteiger charge is -2.31. The number of benzene rings is 2. The molecule has 0 amide bonds. The molecule has 0 saturated carbocycles. The van der Waals surface area contributed by atoms with Crippen molar-refractivity contribution in [2.75, 3.05) is 13.2 Å². The summed E-state index contributed by atoms with van der Waals surface area (Å²) in [4.78, 5) is 12.8. The Morgan fingerprint density at radius 3 is 2.53 bits per heavy atom. The van der Waals surface area contributed by atoms with Gasteiger partial charge in [0.15, 0.2) is 12.0 Å². The molecule has 1 saturated heterocycles. The minimum Gasteiger partial charge on any atom is -0.434 e. The fourth-order valence-corrected chi connectivity index (χ4v) is 4.59. The number of halogens is 4. The zero-order valence-electron chi connectivity index (χ0n) is 17.7. The van der Waals surface area contributed by atoms with Gasteiger partial charge in [-0.25, -0.2) is 23.7 Å². The van der Waals surface area contributed by atoms with Crippen molar-refractivity contribution in [1.82, 2.24) is 19.5 Å². The SMILES string of the molecule is FC(F)Oc1ccccc1[C@H]1CC(F)c2nc3ccc(-c4cnc(C5(F)COC5)nc4)cc3n21. The number of imidazole rings is 1. The van der Waals surface area contributed by atoms with Crippen molar-refractivity contribution in [1.29, 1.82) is 0 Å². The molecule has 0 radical (unpaired) electrons. The molecule has 2 aliphatic rings. The summed E-state index contributed by atoms with van der Waals surface area (Å²) in [5.41, 5.74) is 1.40. The number of hydrogen-bond acceptors (Lipinski definition) is 5. The first kappa shape index (κ1) is 21.0. The van der Waals surface area contributed by atoms with Gasteiger partial charge < -0.3 is 14.0 Å². The van der Waals surface area contributed by atoms with E-state index in [4.69, 9.17) is 9.47 Å². The van der Waals surface area contributed by atoms with Crippen molar-refractivity contribution in [2.24, 2.45) is 0 Å². The minimum atomic E-state index is -2.99. The van der Waals surface area contributed by atoms with E-state index < -0.39 is 24.5 Å². The zero-order chi connectivity index (χ0) is 23.4. The molecule has 0 aliphatic carbocycles. The van der Waals surface area contributed by atoms with Crippen LogP contribution in [-0.2, 0) is 10.4 Å². The van der Waals surface area contributed by atoms with Crippen LogP contribution in [0, 0.1) is 0 Å². The highest BCUT2D eigenvalue weighted by Gasteiger charge is 2.43. The molecule has 4 aromatic rings. The van der Waals surface area contributed by atoms with Gasteiger partial charge in [0.25, 0.3) is 0 Å². The molecule has 4 heterocycles. The Morgan fingerprint density at radius 2 is 1.82 bits per heavy atom. The van der Waals surface area contributed by atoms with Gasteiger partial charge in [-0.1, -0.05) is 24.3 Å². The van der Waals surface area contributed by atoms with Gasteiger partial charge in [-0.3, -0.25) is 0 Å². The van der Waals surface area contributed by atoms with Crippen LogP contribution in [0.1, 0.15) is 35.8 Å². The maximum atomic E-state index is 15.0. The third-order valence-corrected chi connectivity index (χ3v) is 6.28. The van der Waals surface area contributed by atoms with Crippen LogP contribution in [0.4, 0.5) is 17.6 Å². The molecule has 174 valence electrons. The third kappa shape index (κ3) is 3.32. The number of rotatable bonds is 5. The summed E-state index contributed by atoms with van der Waals surface area (Å²) in [6.07, 6.45) is 1.77. The van der Waals surface area contributed by atoms with Gasteiger partial charge in [0.05, 0.1) is 30.3 Å². The Balaban J connectivity index is 1.42. The van der Waals surface area contributed by atoms with Crippen LogP contribution in [0.3, 0.4) is 0 Å². The number of aromatic nitrogens is 4. The van der Waals surface area contributed by atoms with Crippen molar-refractivity contribution in [3.05, 3.63) is 72.1 Å². The molecule has 34 heavy (non-hydrogen) atoms. The first-order chi connectivity index (χ1) is 16.4. The normalized spacial score (nSPS) is 21.0. The number of ether oxygens (including phenoxy) is 2. The third-order valence-electron chi connectivity index (χ3n) is 6.28. The summed E-state index contributed by atoms with van der Waals surface area (Å²) >= 11 is 0. The molecule has 2 aromatic carbocycles. The summed E-state index contributed by atoms with van der Waals surface area (Å²) in [6.45, 7) is -3.13. The average Bonchev–Trinajstić information content (AvgIpc) is 3.35. The first-order valence-electron chi connectivity index (χ1n) is 10.7. The summed E-state index contributed by atoms with van der Waals surface area (Å²) in [6, 6.07) is 11.2.